The Kier molecular flexibility index (Phi) is 6.80. The highest BCUT2D eigenvalue weighted by atomic mass is 16.3. The van der Waals surface area contributed by atoms with E-state index in [0.717, 1.165) is 50.4 Å². The van der Waals surface area contributed by atoms with Crippen LogP contribution in [0.3, 0.4) is 0 Å². The zero-order valence-electron chi connectivity index (χ0n) is 16.8. The smallest absolute Gasteiger partial charge is 0.230 e. The van der Waals surface area contributed by atoms with Crippen LogP contribution in [0.2, 0.25) is 0 Å². The second-order valence-corrected chi connectivity index (χ2v) is 8.23. The molecular weight excluding hydrogens is 340 g/mol. The molecule has 2 aliphatic rings. The van der Waals surface area contributed by atoms with Crippen molar-refractivity contribution < 1.29 is 9.21 Å². The number of carbonyl (C=O) groups excluding carboxylic acids is 1. The Bertz CT molecular complexity index is 612. The highest BCUT2D eigenvalue weighted by Crippen LogP contribution is 2.39. The maximum atomic E-state index is 12.8. The van der Waals surface area contributed by atoms with Crippen molar-refractivity contribution >= 4 is 11.9 Å². The first kappa shape index (κ1) is 19.8. The fourth-order valence-electron chi connectivity index (χ4n) is 4.37. The Morgan fingerprint density at radius 1 is 1.26 bits per heavy atom. The molecule has 3 rings (SSSR count). The van der Waals surface area contributed by atoms with Gasteiger partial charge in [-0.25, -0.2) is 0 Å². The molecule has 0 saturated heterocycles. The number of rotatable bonds is 7. The number of guanidine groups is 1. The molecule has 150 valence electrons. The predicted molar refractivity (Wildman–Crippen MR) is 108 cm³/mol. The van der Waals surface area contributed by atoms with Gasteiger partial charge in [0.25, 0.3) is 0 Å². The summed E-state index contributed by atoms with van der Waals surface area (Å²) in [6, 6.07) is 4.40. The monoisotopic (exact) mass is 374 g/mol. The van der Waals surface area contributed by atoms with Crippen molar-refractivity contribution in [3.8, 4) is 0 Å². The fraction of sp³-hybridized carbons (Fsp3) is 0.714. The minimum atomic E-state index is -0.325. The molecule has 1 aromatic heterocycles. The summed E-state index contributed by atoms with van der Waals surface area (Å²) in [5.41, 5.74) is -0.325. The molecule has 0 bridgehead atoms. The molecule has 27 heavy (non-hydrogen) atoms. The number of aliphatic imine (C=N–C) groups is 1. The van der Waals surface area contributed by atoms with Crippen LogP contribution in [0.5, 0.6) is 0 Å². The Labute approximate surface area is 162 Å². The van der Waals surface area contributed by atoms with E-state index in [2.05, 4.69) is 10.6 Å². The summed E-state index contributed by atoms with van der Waals surface area (Å²) < 4.78 is 5.41. The molecule has 2 N–H and O–H groups in total. The molecule has 2 aliphatic carbocycles. The van der Waals surface area contributed by atoms with Crippen molar-refractivity contribution in [1.82, 2.24) is 15.5 Å². The van der Waals surface area contributed by atoms with Crippen molar-refractivity contribution in [1.29, 1.82) is 0 Å². The number of amides is 1. The first-order chi connectivity index (χ1) is 13.1. The molecule has 2 fully saturated rings. The van der Waals surface area contributed by atoms with Crippen LogP contribution >= 0.6 is 0 Å². The Morgan fingerprint density at radius 2 is 2.00 bits per heavy atom. The van der Waals surface area contributed by atoms with Gasteiger partial charge in [-0.15, -0.1) is 0 Å². The molecule has 1 aromatic rings. The second-order valence-electron chi connectivity index (χ2n) is 8.23. The van der Waals surface area contributed by atoms with Gasteiger partial charge in [0.1, 0.15) is 5.76 Å². The first-order valence-electron chi connectivity index (χ1n) is 10.4. The van der Waals surface area contributed by atoms with E-state index in [1.54, 1.807) is 11.2 Å². The summed E-state index contributed by atoms with van der Waals surface area (Å²) in [5.74, 6) is 2.03. The molecule has 6 nitrogen and oxygen atoms in total. The molecule has 0 spiro atoms. The summed E-state index contributed by atoms with van der Waals surface area (Å²) in [6.45, 7) is 1.33. The molecule has 2 saturated carbocycles. The molecule has 0 unspecified atom stereocenters. The van der Waals surface area contributed by atoms with Gasteiger partial charge in [0.15, 0.2) is 5.96 Å². The number of hydrogen-bond donors (Lipinski definition) is 2. The van der Waals surface area contributed by atoms with E-state index in [0.29, 0.717) is 12.6 Å². The number of hydrogen-bond acceptors (Lipinski definition) is 3. The van der Waals surface area contributed by atoms with Crippen molar-refractivity contribution in [3.05, 3.63) is 24.2 Å². The van der Waals surface area contributed by atoms with Gasteiger partial charge in [0.05, 0.1) is 18.2 Å². The van der Waals surface area contributed by atoms with E-state index < -0.39 is 0 Å². The lowest BCUT2D eigenvalue weighted by molar-refractivity contribution is -0.138. The zero-order chi connectivity index (χ0) is 19.1. The van der Waals surface area contributed by atoms with Gasteiger partial charge in [-0.2, -0.15) is 0 Å². The standard InChI is InChI=1S/C21H34N4O2/c1-25(2)19(26)21(12-5-6-13-21)16-23-20(24-17-8-3-4-9-17)22-14-11-18-10-7-15-27-18/h7,10,15,17H,3-6,8-9,11-14,16H2,1-2H3,(H2,22,23,24). The highest BCUT2D eigenvalue weighted by Gasteiger charge is 2.42. The summed E-state index contributed by atoms with van der Waals surface area (Å²) in [4.78, 5) is 19.4. The topological polar surface area (TPSA) is 69.9 Å². The molecule has 1 amide bonds. The van der Waals surface area contributed by atoms with E-state index in [9.17, 15) is 4.79 Å². The molecule has 0 atom stereocenters. The van der Waals surface area contributed by atoms with Gasteiger partial charge in [-0.1, -0.05) is 25.7 Å². The largest absolute Gasteiger partial charge is 0.469 e. The SMILES string of the molecule is CN(C)C(=O)C1(CN=C(NCCc2ccco2)NC2CCCC2)CCCC1. The summed E-state index contributed by atoms with van der Waals surface area (Å²) in [7, 11) is 3.71. The zero-order valence-corrected chi connectivity index (χ0v) is 16.8. The lowest BCUT2D eigenvalue weighted by Gasteiger charge is -2.29. The normalized spacial score (nSPS) is 20.0. The first-order valence-corrected chi connectivity index (χ1v) is 10.4. The van der Waals surface area contributed by atoms with Crippen LogP contribution in [0.4, 0.5) is 0 Å². The maximum absolute atomic E-state index is 12.8. The van der Waals surface area contributed by atoms with E-state index >= 15 is 0 Å². The van der Waals surface area contributed by atoms with Crippen LogP contribution in [0.25, 0.3) is 0 Å². The lowest BCUT2D eigenvalue weighted by Crippen LogP contribution is -2.45. The average Bonchev–Trinajstić information content (AvgIpc) is 3.41. The van der Waals surface area contributed by atoms with E-state index in [4.69, 9.17) is 9.41 Å². The molecule has 0 aromatic carbocycles. The van der Waals surface area contributed by atoms with Crippen LogP contribution in [0, 0.1) is 5.41 Å². The third-order valence-electron chi connectivity index (χ3n) is 5.90. The minimum absolute atomic E-state index is 0.222. The summed E-state index contributed by atoms with van der Waals surface area (Å²) in [6.07, 6.45) is 11.6. The van der Waals surface area contributed by atoms with Gasteiger partial charge < -0.3 is 20.0 Å². The number of nitrogens with one attached hydrogen (secondary N) is 2. The number of nitrogens with zero attached hydrogens (tertiary/aromatic N) is 2. The van der Waals surface area contributed by atoms with Crippen LogP contribution in [-0.4, -0.2) is 50.0 Å². The van der Waals surface area contributed by atoms with Crippen molar-refractivity contribution in [2.24, 2.45) is 10.4 Å². The van der Waals surface area contributed by atoms with Crippen LogP contribution in [0.1, 0.15) is 57.1 Å². The Hall–Kier alpha value is -1.98. The Morgan fingerprint density at radius 3 is 2.63 bits per heavy atom. The van der Waals surface area contributed by atoms with Crippen LogP contribution in [0.15, 0.2) is 27.8 Å². The van der Waals surface area contributed by atoms with Gasteiger partial charge in [-0.3, -0.25) is 9.79 Å². The van der Waals surface area contributed by atoms with Gasteiger partial charge in [-0.05, 0) is 37.8 Å². The van der Waals surface area contributed by atoms with E-state index in [1.165, 1.54) is 25.7 Å². The molecular formula is C21H34N4O2. The molecule has 0 radical (unpaired) electrons. The molecule has 1 heterocycles. The third kappa shape index (κ3) is 5.27. The van der Waals surface area contributed by atoms with Crippen LogP contribution < -0.4 is 10.6 Å². The quantitative estimate of drug-likeness (QED) is 0.569. The predicted octanol–water partition coefficient (Wildman–Crippen LogP) is 2.95. The molecule has 6 heteroatoms. The van der Waals surface area contributed by atoms with Gasteiger partial charge >= 0.3 is 0 Å². The fourth-order valence-corrected chi connectivity index (χ4v) is 4.37. The lowest BCUT2D eigenvalue weighted by atomic mass is 9.85. The average molecular weight is 375 g/mol. The summed E-state index contributed by atoms with van der Waals surface area (Å²) >= 11 is 0. The van der Waals surface area contributed by atoms with Gasteiger partial charge in [0.2, 0.25) is 5.91 Å². The number of carbonyl (C=O) groups is 1. The minimum Gasteiger partial charge on any atom is -0.469 e. The number of furan rings is 1. The van der Waals surface area contributed by atoms with Crippen LogP contribution in [-0.2, 0) is 11.2 Å². The van der Waals surface area contributed by atoms with Crippen molar-refractivity contribution in [2.45, 2.75) is 63.8 Å². The van der Waals surface area contributed by atoms with Crippen molar-refractivity contribution in [3.63, 3.8) is 0 Å². The maximum Gasteiger partial charge on any atom is 0.230 e. The second kappa shape index (κ2) is 9.29. The Balaban J connectivity index is 1.64. The molecule has 0 aliphatic heterocycles. The third-order valence-corrected chi connectivity index (χ3v) is 5.90. The van der Waals surface area contributed by atoms with E-state index in [1.807, 2.05) is 26.2 Å². The summed E-state index contributed by atoms with van der Waals surface area (Å²) in [5, 5.41) is 7.04. The van der Waals surface area contributed by atoms with E-state index in [-0.39, 0.29) is 11.3 Å². The highest BCUT2D eigenvalue weighted by molar-refractivity contribution is 5.84. The van der Waals surface area contributed by atoms with Crippen molar-refractivity contribution in [2.75, 3.05) is 27.2 Å². The van der Waals surface area contributed by atoms with Gasteiger partial charge in [0, 0.05) is 33.1 Å².